The van der Waals surface area contributed by atoms with Crippen LogP contribution in [-0.4, -0.2) is 74.9 Å². The molecular weight excluding hydrogens is 990 g/mol. The molecule has 0 spiro atoms. The van der Waals surface area contributed by atoms with Gasteiger partial charge in [0.25, 0.3) is 0 Å². The highest BCUT2D eigenvalue weighted by Crippen LogP contribution is 2.43. The van der Waals surface area contributed by atoms with Gasteiger partial charge in [0.1, 0.15) is 19.8 Å². The smallest absolute Gasteiger partial charge is 0.462 e. The maximum atomic E-state index is 12.8. The zero-order valence-corrected chi connectivity index (χ0v) is 50.7. The number of esters is 2. The maximum absolute atomic E-state index is 12.8. The molecule has 1 N–H and O–H groups in total. The number of carbonyl (C=O) groups is 2. The Morgan fingerprint density at radius 1 is 0.397 bits per heavy atom. The van der Waals surface area contributed by atoms with Gasteiger partial charge in [-0.05, 0) is 116 Å². The number of rotatable bonds is 53. The van der Waals surface area contributed by atoms with E-state index in [2.05, 4.69) is 166 Å². The lowest BCUT2D eigenvalue weighted by Crippen LogP contribution is -2.37. The Balaban J connectivity index is 4.31. The van der Waals surface area contributed by atoms with Crippen LogP contribution in [0.4, 0.5) is 0 Å². The first-order valence-corrected chi connectivity index (χ1v) is 31.7. The maximum Gasteiger partial charge on any atom is 0.472 e. The van der Waals surface area contributed by atoms with E-state index in [9.17, 15) is 19.0 Å². The third-order valence-corrected chi connectivity index (χ3v) is 13.0. The van der Waals surface area contributed by atoms with E-state index in [0.29, 0.717) is 23.9 Å². The number of nitrogens with zero attached hydrogens (tertiary/aromatic N) is 1. The van der Waals surface area contributed by atoms with Crippen molar-refractivity contribution >= 4 is 19.8 Å². The van der Waals surface area contributed by atoms with E-state index >= 15 is 0 Å². The average Bonchev–Trinajstić information content (AvgIpc) is 3.41. The van der Waals surface area contributed by atoms with Gasteiger partial charge in [-0.2, -0.15) is 0 Å². The molecule has 0 saturated heterocycles. The predicted octanol–water partition coefficient (Wildman–Crippen LogP) is 19.3. The Labute approximate surface area is 477 Å². The second kappa shape index (κ2) is 57.3. The van der Waals surface area contributed by atoms with Crippen LogP contribution in [0.3, 0.4) is 0 Å². The van der Waals surface area contributed by atoms with Gasteiger partial charge >= 0.3 is 19.8 Å². The normalized spacial score (nSPS) is 14.4. The molecule has 440 valence electrons. The van der Waals surface area contributed by atoms with Crippen LogP contribution in [0, 0.1) is 0 Å². The second-order valence-electron chi connectivity index (χ2n) is 20.6. The van der Waals surface area contributed by atoms with Gasteiger partial charge in [-0.1, -0.05) is 236 Å². The zero-order valence-electron chi connectivity index (χ0n) is 49.8. The van der Waals surface area contributed by atoms with Crippen molar-refractivity contribution in [1.82, 2.24) is 0 Å². The summed E-state index contributed by atoms with van der Waals surface area (Å²) >= 11 is 0. The van der Waals surface area contributed by atoms with Gasteiger partial charge in [-0.25, -0.2) is 4.57 Å². The summed E-state index contributed by atoms with van der Waals surface area (Å²) in [6.07, 6.45) is 86.1. The molecule has 0 aliphatic heterocycles. The molecule has 0 amide bonds. The van der Waals surface area contributed by atoms with Gasteiger partial charge in [0.15, 0.2) is 6.10 Å². The van der Waals surface area contributed by atoms with Crippen LogP contribution in [0.25, 0.3) is 0 Å². The van der Waals surface area contributed by atoms with Crippen molar-refractivity contribution in [1.29, 1.82) is 0 Å². The summed E-state index contributed by atoms with van der Waals surface area (Å²) in [4.78, 5) is 35.7. The molecule has 2 unspecified atom stereocenters. The molecule has 0 saturated carbocycles. The second-order valence-corrected chi connectivity index (χ2v) is 22.1. The number of allylic oxidation sites excluding steroid dienone is 26. The largest absolute Gasteiger partial charge is 0.472 e. The molecule has 0 aromatic carbocycles. The number of phosphoric ester groups is 1. The lowest BCUT2D eigenvalue weighted by molar-refractivity contribution is -0.870. The van der Waals surface area contributed by atoms with Gasteiger partial charge in [0.05, 0.1) is 27.7 Å². The Bertz CT molecular complexity index is 1870. The molecule has 0 aromatic heterocycles. The topological polar surface area (TPSA) is 108 Å². The lowest BCUT2D eigenvalue weighted by atomic mass is 10.0. The van der Waals surface area contributed by atoms with Crippen molar-refractivity contribution in [2.45, 2.75) is 213 Å². The summed E-state index contributed by atoms with van der Waals surface area (Å²) in [6.45, 7) is 4.12. The van der Waals surface area contributed by atoms with Gasteiger partial charge in [0.2, 0.25) is 0 Å². The Morgan fingerprint density at radius 2 is 0.705 bits per heavy atom. The number of likely N-dealkylation sites (N-methyl/N-ethyl adjacent to an activating group) is 1. The molecule has 0 aliphatic rings. The van der Waals surface area contributed by atoms with Crippen LogP contribution in [0.1, 0.15) is 206 Å². The van der Waals surface area contributed by atoms with Crippen LogP contribution in [0.2, 0.25) is 0 Å². The van der Waals surface area contributed by atoms with Crippen molar-refractivity contribution in [3.63, 3.8) is 0 Å². The van der Waals surface area contributed by atoms with Crippen molar-refractivity contribution < 1.29 is 42.1 Å². The number of hydrogen-bond donors (Lipinski definition) is 1. The SMILES string of the molecule is CC/C=C\C/C=C\C/C=C\C/C=C\C/C=C\C/C=C\C/C=C\C/C=C\C/C=C\CCCC(=O)OC(COC(=O)CCCCCCCCCCCCCC/C=C\C/C=C\C/C=C\C/C=C\CC)COP(=O)(O)OCC[N+](C)(C)C. The number of carbonyl (C=O) groups excluding carboxylic acids is 2. The first-order valence-electron chi connectivity index (χ1n) is 30.2. The van der Waals surface area contributed by atoms with Crippen molar-refractivity contribution in [2.24, 2.45) is 0 Å². The van der Waals surface area contributed by atoms with Gasteiger partial charge in [0, 0.05) is 12.8 Å². The van der Waals surface area contributed by atoms with E-state index in [-0.39, 0.29) is 26.1 Å². The Morgan fingerprint density at radius 3 is 1.06 bits per heavy atom. The van der Waals surface area contributed by atoms with Crippen LogP contribution in [-0.2, 0) is 32.7 Å². The van der Waals surface area contributed by atoms with E-state index in [1.807, 2.05) is 27.2 Å². The number of hydrogen-bond acceptors (Lipinski definition) is 7. The third-order valence-electron chi connectivity index (χ3n) is 12.1. The lowest BCUT2D eigenvalue weighted by Gasteiger charge is -2.24. The van der Waals surface area contributed by atoms with E-state index in [4.69, 9.17) is 18.5 Å². The monoisotopic (exact) mass is 1100 g/mol. The fourth-order valence-corrected chi connectivity index (χ4v) is 8.22. The zero-order chi connectivity index (χ0) is 57.0. The molecule has 2 atom stereocenters. The molecular formula is C68H111NO8P+. The summed E-state index contributed by atoms with van der Waals surface area (Å²) in [5.41, 5.74) is 0. The van der Waals surface area contributed by atoms with Crippen LogP contribution in [0.5, 0.6) is 0 Å². The Hall–Kier alpha value is -4.37. The standard InChI is InChI=1S/C68H110NO8P/c1-6-8-10-12-14-16-18-20-22-24-26-28-30-32-33-34-35-37-39-41-43-45-47-49-51-53-55-57-59-61-68(71)77-66(65-76-78(72,73)75-63-62-69(3,4)5)64-74-67(70)60-58-56-54-52-50-48-46-44-42-40-38-36-31-29-27-25-23-21-19-17-15-13-11-9-7-2/h8-11,14-17,20-23,26-29,32-33,35,37,41,43,47,49,53,55,66H,6-7,12-13,18-19,24-25,30-31,34,36,38-40,42,44-46,48,50-52,54,56-65H2,1-5H3/p+1/b10-8-,11-9-,16-14-,17-15-,22-20-,23-21-,28-26-,29-27-,33-32-,37-35-,43-41-,49-47-,55-53-. The van der Waals surface area contributed by atoms with Crippen molar-refractivity contribution in [2.75, 3.05) is 47.5 Å². The van der Waals surface area contributed by atoms with Gasteiger partial charge in [-0.3, -0.25) is 18.6 Å². The minimum atomic E-state index is -4.42. The molecule has 78 heavy (non-hydrogen) atoms. The summed E-state index contributed by atoms with van der Waals surface area (Å²) in [5, 5.41) is 0. The van der Waals surface area contributed by atoms with Crippen LogP contribution in [0.15, 0.2) is 158 Å². The highest BCUT2D eigenvalue weighted by atomic mass is 31.2. The van der Waals surface area contributed by atoms with Gasteiger partial charge < -0.3 is 18.9 Å². The highest BCUT2D eigenvalue weighted by Gasteiger charge is 2.27. The van der Waals surface area contributed by atoms with E-state index in [1.54, 1.807) is 0 Å². The molecule has 0 heterocycles. The van der Waals surface area contributed by atoms with Crippen LogP contribution < -0.4 is 0 Å². The van der Waals surface area contributed by atoms with E-state index in [0.717, 1.165) is 109 Å². The summed E-state index contributed by atoms with van der Waals surface area (Å²) in [7, 11) is 1.41. The number of unbranched alkanes of at least 4 members (excludes halogenated alkanes) is 13. The molecule has 9 nitrogen and oxygen atoms in total. The minimum absolute atomic E-state index is 0.0113. The fraction of sp³-hybridized carbons (Fsp3) is 0.588. The molecule has 0 rings (SSSR count). The fourth-order valence-electron chi connectivity index (χ4n) is 7.48. The first-order chi connectivity index (χ1) is 38.0. The minimum Gasteiger partial charge on any atom is -0.462 e. The number of ether oxygens (including phenoxy) is 2. The number of quaternary nitrogens is 1. The van der Waals surface area contributed by atoms with E-state index < -0.39 is 32.5 Å². The molecule has 10 heteroatoms. The highest BCUT2D eigenvalue weighted by molar-refractivity contribution is 7.47. The predicted molar refractivity (Wildman–Crippen MR) is 334 cm³/mol. The molecule has 0 bridgehead atoms. The summed E-state index contributed by atoms with van der Waals surface area (Å²) in [6, 6.07) is 0. The molecule has 0 aliphatic carbocycles. The summed E-state index contributed by atoms with van der Waals surface area (Å²) < 4.78 is 34.5. The Kier molecular flexibility index (Phi) is 54.1. The summed E-state index contributed by atoms with van der Waals surface area (Å²) in [5.74, 6) is -0.882. The molecule has 0 radical (unpaired) electrons. The number of phosphoric acid groups is 1. The quantitative estimate of drug-likeness (QED) is 0.0211. The van der Waals surface area contributed by atoms with E-state index in [1.165, 1.54) is 57.8 Å². The van der Waals surface area contributed by atoms with Crippen LogP contribution >= 0.6 is 7.82 Å². The third kappa shape index (κ3) is 60.9. The molecule has 0 fully saturated rings. The van der Waals surface area contributed by atoms with Crippen molar-refractivity contribution in [3.8, 4) is 0 Å². The average molecular weight is 1100 g/mol. The van der Waals surface area contributed by atoms with Crippen molar-refractivity contribution in [3.05, 3.63) is 158 Å². The first kappa shape index (κ1) is 73.6. The van der Waals surface area contributed by atoms with Gasteiger partial charge in [-0.15, -0.1) is 0 Å². The molecule has 0 aromatic rings.